The van der Waals surface area contributed by atoms with Crippen LogP contribution in [0.2, 0.25) is 0 Å². The molecule has 0 aromatic heterocycles. The molecule has 1 aliphatic rings. The molecular formula is C20H20F3N4O3+. The van der Waals surface area contributed by atoms with Crippen molar-refractivity contribution in [1.82, 2.24) is 5.12 Å². The van der Waals surface area contributed by atoms with Gasteiger partial charge in [0.05, 0.1) is 35.4 Å². The first-order chi connectivity index (χ1) is 14.1. The van der Waals surface area contributed by atoms with Crippen molar-refractivity contribution in [2.45, 2.75) is 26.1 Å². The van der Waals surface area contributed by atoms with Crippen LogP contribution in [-0.2, 0) is 10.9 Å². The van der Waals surface area contributed by atoms with Crippen molar-refractivity contribution in [3.05, 3.63) is 69.6 Å². The number of hydrazine groups is 1. The standard InChI is InChI=1S/C20H20F3N4O3/c1-12-16(18-19(29-4)24-26(3)27(18)28)9-6-10-17(12)30-25-13(2)14-7-5-8-15(11-14)20(21,22)23/h5-11,18H,1-4H3/q+1. The Balaban J connectivity index is 1.88. The van der Waals surface area contributed by atoms with Crippen LogP contribution >= 0.6 is 0 Å². The summed E-state index contributed by atoms with van der Waals surface area (Å²) in [6.45, 7) is 3.30. The maximum absolute atomic E-state index is 12.9. The average molecular weight is 421 g/mol. The van der Waals surface area contributed by atoms with Crippen LogP contribution in [0.15, 0.2) is 52.7 Å². The van der Waals surface area contributed by atoms with E-state index in [-0.39, 0.29) is 17.2 Å². The maximum atomic E-state index is 12.9. The van der Waals surface area contributed by atoms with Crippen LogP contribution < -0.4 is 4.84 Å². The fraction of sp³-hybridized carbons (Fsp3) is 0.300. The normalized spacial score (nSPS) is 17.2. The number of alkyl halides is 3. The second kappa shape index (κ2) is 8.13. The van der Waals surface area contributed by atoms with E-state index < -0.39 is 17.8 Å². The van der Waals surface area contributed by atoms with Gasteiger partial charge in [0.25, 0.3) is 6.04 Å². The molecule has 30 heavy (non-hydrogen) atoms. The third kappa shape index (κ3) is 4.12. The first kappa shape index (κ1) is 21.3. The van der Waals surface area contributed by atoms with E-state index in [1.165, 1.54) is 26.3 Å². The van der Waals surface area contributed by atoms with E-state index >= 15 is 0 Å². The minimum Gasteiger partial charge on any atom is -0.461 e. The van der Waals surface area contributed by atoms with Gasteiger partial charge in [-0.25, -0.2) is 0 Å². The Morgan fingerprint density at radius 1 is 1.23 bits per heavy atom. The molecule has 3 rings (SSSR count). The molecule has 0 aliphatic carbocycles. The zero-order chi connectivity index (χ0) is 22.1. The summed E-state index contributed by atoms with van der Waals surface area (Å²) >= 11 is 0. The minimum atomic E-state index is -4.44. The molecular weight excluding hydrogens is 401 g/mol. The van der Waals surface area contributed by atoms with Gasteiger partial charge in [-0.3, -0.25) is 0 Å². The second-order valence-electron chi connectivity index (χ2n) is 6.65. The first-order valence-corrected chi connectivity index (χ1v) is 8.94. The molecule has 0 amide bonds. The molecule has 10 heteroatoms. The fourth-order valence-corrected chi connectivity index (χ4v) is 3.02. The third-order valence-electron chi connectivity index (χ3n) is 4.70. The Labute approximate surface area is 170 Å². The van der Waals surface area contributed by atoms with E-state index in [9.17, 15) is 18.1 Å². The number of benzene rings is 2. The topological polar surface area (TPSA) is 66.5 Å². The van der Waals surface area contributed by atoms with Crippen LogP contribution in [0.4, 0.5) is 13.2 Å². The monoisotopic (exact) mass is 421 g/mol. The summed E-state index contributed by atoms with van der Waals surface area (Å²) < 4.78 is 44.0. The van der Waals surface area contributed by atoms with Crippen LogP contribution in [0.25, 0.3) is 0 Å². The van der Waals surface area contributed by atoms with Gasteiger partial charge in [-0.1, -0.05) is 29.4 Å². The molecule has 1 atom stereocenters. The molecule has 158 valence electrons. The van der Waals surface area contributed by atoms with Gasteiger partial charge in [0, 0.05) is 11.1 Å². The number of rotatable bonds is 4. The van der Waals surface area contributed by atoms with Gasteiger partial charge in [-0.2, -0.15) is 13.2 Å². The lowest BCUT2D eigenvalue weighted by molar-refractivity contribution is -0.714. The molecule has 7 nitrogen and oxygen atoms in total. The van der Waals surface area contributed by atoms with Gasteiger partial charge >= 0.3 is 12.1 Å². The van der Waals surface area contributed by atoms with Crippen molar-refractivity contribution in [3.63, 3.8) is 0 Å². The smallest absolute Gasteiger partial charge is 0.416 e. The van der Waals surface area contributed by atoms with Crippen LogP contribution in [-0.4, -0.2) is 35.8 Å². The predicted molar refractivity (Wildman–Crippen MR) is 104 cm³/mol. The van der Waals surface area contributed by atoms with Crippen molar-refractivity contribution >= 4 is 11.6 Å². The van der Waals surface area contributed by atoms with Crippen molar-refractivity contribution in [2.24, 2.45) is 10.3 Å². The summed E-state index contributed by atoms with van der Waals surface area (Å²) in [4.78, 5) is 18.6. The van der Waals surface area contributed by atoms with Crippen molar-refractivity contribution in [2.75, 3.05) is 14.2 Å². The Morgan fingerprint density at radius 2 is 1.93 bits per heavy atom. The first-order valence-electron chi connectivity index (χ1n) is 8.94. The Kier molecular flexibility index (Phi) is 5.77. The molecule has 0 saturated heterocycles. The fourth-order valence-electron chi connectivity index (χ4n) is 3.02. The summed E-state index contributed by atoms with van der Waals surface area (Å²) in [6, 6.07) is 9.14. The molecule has 1 unspecified atom stereocenters. The lowest BCUT2D eigenvalue weighted by Crippen LogP contribution is -2.25. The lowest BCUT2D eigenvalue weighted by Gasteiger charge is -2.12. The molecule has 0 bridgehead atoms. The van der Waals surface area contributed by atoms with Gasteiger partial charge in [0.15, 0.2) is 5.75 Å². The Bertz CT molecular complexity index is 1030. The predicted octanol–water partition coefficient (Wildman–Crippen LogP) is 4.46. The zero-order valence-corrected chi connectivity index (χ0v) is 16.8. The number of oxime groups is 1. The number of nitrogens with zero attached hydrogens (tertiary/aromatic N) is 4. The van der Waals surface area contributed by atoms with E-state index in [4.69, 9.17) is 9.57 Å². The van der Waals surface area contributed by atoms with Crippen molar-refractivity contribution in [1.29, 1.82) is 0 Å². The number of hydrogen-bond acceptors (Lipinski definition) is 5. The number of ether oxygens (including phenoxy) is 1. The highest BCUT2D eigenvalue weighted by Gasteiger charge is 2.45. The van der Waals surface area contributed by atoms with E-state index in [2.05, 4.69) is 10.3 Å². The van der Waals surface area contributed by atoms with E-state index in [1.807, 2.05) is 0 Å². The summed E-state index contributed by atoms with van der Waals surface area (Å²) in [5, 5.41) is 9.15. The van der Waals surface area contributed by atoms with Crippen molar-refractivity contribution in [3.8, 4) is 5.75 Å². The average Bonchev–Trinajstić information content (AvgIpc) is 3.00. The van der Waals surface area contributed by atoms with Crippen LogP contribution in [0, 0.1) is 11.8 Å². The molecule has 0 N–H and O–H groups in total. The molecule has 1 aliphatic heterocycles. The van der Waals surface area contributed by atoms with Gasteiger partial charge in [0.2, 0.25) is 0 Å². The molecule has 0 fully saturated rings. The number of halogens is 3. The van der Waals surface area contributed by atoms with Gasteiger partial charge in [-0.15, -0.1) is 0 Å². The highest BCUT2D eigenvalue weighted by atomic mass is 19.4. The molecule has 1 heterocycles. The maximum Gasteiger partial charge on any atom is 0.416 e. The Morgan fingerprint density at radius 3 is 2.60 bits per heavy atom. The minimum absolute atomic E-state index is 0.233. The van der Waals surface area contributed by atoms with Crippen LogP contribution in [0.1, 0.15) is 35.2 Å². The summed E-state index contributed by atoms with van der Waals surface area (Å²) in [7, 11) is 2.93. The highest BCUT2D eigenvalue weighted by molar-refractivity contribution is 5.98. The number of hydrazone groups is 1. The molecule has 0 radical (unpaired) electrons. The molecule has 0 spiro atoms. The quantitative estimate of drug-likeness (QED) is 0.415. The lowest BCUT2D eigenvalue weighted by atomic mass is 10.0. The second-order valence-corrected chi connectivity index (χ2v) is 6.65. The largest absolute Gasteiger partial charge is 0.461 e. The van der Waals surface area contributed by atoms with Crippen LogP contribution in [0.3, 0.4) is 0 Å². The number of nitroso groups, excluding NO2 is 1. The van der Waals surface area contributed by atoms with Gasteiger partial charge < -0.3 is 9.57 Å². The SMILES string of the molecule is COC1=NN(C)[N+](=O)C1c1cccc(ON=C(C)c2cccc(C(F)(F)F)c2)c1C. The number of hydrogen-bond donors (Lipinski definition) is 0. The van der Waals surface area contributed by atoms with Crippen LogP contribution in [0.5, 0.6) is 5.75 Å². The summed E-state index contributed by atoms with van der Waals surface area (Å²) in [5.41, 5.74) is 1.04. The summed E-state index contributed by atoms with van der Waals surface area (Å²) in [5.74, 6) is 0.591. The van der Waals surface area contributed by atoms with Crippen molar-refractivity contribution < 1.29 is 27.6 Å². The summed E-state index contributed by atoms with van der Waals surface area (Å²) in [6.07, 6.45) is -4.44. The molecule has 2 aromatic carbocycles. The van der Waals surface area contributed by atoms with Gasteiger partial charge in [0.1, 0.15) is 0 Å². The molecule has 0 saturated carbocycles. The Hall–Kier alpha value is -3.43. The van der Waals surface area contributed by atoms with E-state index in [0.717, 1.165) is 17.3 Å². The van der Waals surface area contributed by atoms with E-state index in [0.29, 0.717) is 21.7 Å². The number of methoxy groups -OCH3 is 1. The highest BCUT2D eigenvalue weighted by Crippen LogP contribution is 2.33. The zero-order valence-electron chi connectivity index (χ0n) is 16.8. The van der Waals surface area contributed by atoms with Gasteiger partial charge in [-0.05, 0) is 47.6 Å². The van der Waals surface area contributed by atoms with E-state index in [1.54, 1.807) is 32.0 Å². The molecule has 2 aromatic rings. The third-order valence-corrected chi connectivity index (χ3v) is 4.70.